The Labute approximate surface area is 103 Å². The van der Waals surface area contributed by atoms with Gasteiger partial charge in [0.15, 0.2) is 0 Å². The first-order chi connectivity index (χ1) is 7.77. The van der Waals surface area contributed by atoms with Gasteiger partial charge in [0.05, 0.1) is 6.04 Å². The summed E-state index contributed by atoms with van der Waals surface area (Å²) in [5.41, 5.74) is 0. The summed E-state index contributed by atoms with van der Waals surface area (Å²) in [7, 11) is 0. The highest BCUT2D eigenvalue weighted by Crippen LogP contribution is 2.19. The van der Waals surface area contributed by atoms with E-state index in [4.69, 9.17) is 0 Å². The number of hydrogen-bond acceptors (Lipinski definition) is 4. The summed E-state index contributed by atoms with van der Waals surface area (Å²) in [6.07, 6.45) is 6.28. The van der Waals surface area contributed by atoms with Crippen molar-refractivity contribution in [1.82, 2.24) is 15.5 Å². The van der Waals surface area contributed by atoms with Gasteiger partial charge in [0.25, 0.3) is 0 Å². The molecule has 0 aromatic carbocycles. The maximum atomic E-state index is 4.25. The Bertz CT molecular complexity index is 286. The number of aryl methyl sites for hydroxylation is 1. The molecule has 16 heavy (non-hydrogen) atoms. The molecular formula is C12H23N3S. The average molecular weight is 241 g/mol. The van der Waals surface area contributed by atoms with Crippen LogP contribution in [0.15, 0.2) is 0 Å². The third-order valence-corrected chi connectivity index (χ3v) is 3.77. The van der Waals surface area contributed by atoms with Crippen molar-refractivity contribution in [2.45, 2.75) is 58.9 Å². The third-order valence-electron chi connectivity index (χ3n) is 2.61. The molecule has 4 heteroatoms. The Morgan fingerprint density at radius 1 is 1.19 bits per heavy atom. The van der Waals surface area contributed by atoms with Gasteiger partial charge in [0, 0.05) is 6.42 Å². The second-order valence-corrected chi connectivity index (χ2v) is 5.22. The Hall–Kier alpha value is -0.480. The van der Waals surface area contributed by atoms with Crippen LogP contribution in [0.4, 0.5) is 0 Å². The molecule has 3 nitrogen and oxygen atoms in total. The molecule has 0 spiro atoms. The van der Waals surface area contributed by atoms with Gasteiger partial charge in [-0.3, -0.25) is 0 Å². The highest BCUT2D eigenvalue weighted by molar-refractivity contribution is 7.11. The highest BCUT2D eigenvalue weighted by Gasteiger charge is 2.10. The Morgan fingerprint density at radius 3 is 2.69 bits per heavy atom. The van der Waals surface area contributed by atoms with Crippen LogP contribution in [0.3, 0.4) is 0 Å². The van der Waals surface area contributed by atoms with Crippen molar-refractivity contribution < 1.29 is 0 Å². The minimum absolute atomic E-state index is 0.340. The monoisotopic (exact) mass is 241 g/mol. The molecule has 1 unspecified atom stereocenters. The maximum absolute atomic E-state index is 4.25. The zero-order valence-electron chi connectivity index (χ0n) is 10.6. The minimum Gasteiger partial charge on any atom is -0.308 e. The number of unbranched alkanes of at least 4 members (excludes halogenated alkanes) is 3. The average Bonchev–Trinajstić information content (AvgIpc) is 2.73. The molecule has 92 valence electrons. The van der Waals surface area contributed by atoms with Gasteiger partial charge in [-0.05, 0) is 19.9 Å². The lowest BCUT2D eigenvalue weighted by atomic mass is 10.2. The predicted octanol–water partition coefficient (Wildman–Crippen LogP) is 3.33. The van der Waals surface area contributed by atoms with Crippen LogP contribution in [-0.4, -0.2) is 16.7 Å². The first kappa shape index (κ1) is 13.6. The molecule has 1 heterocycles. The van der Waals surface area contributed by atoms with Crippen molar-refractivity contribution in [2.75, 3.05) is 6.54 Å². The number of nitrogens with zero attached hydrogens (tertiary/aromatic N) is 2. The number of hydrogen-bond donors (Lipinski definition) is 1. The molecule has 0 fully saturated rings. The van der Waals surface area contributed by atoms with Crippen molar-refractivity contribution in [3.8, 4) is 0 Å². The zero-order valence-corrected chi connectivity index (χ0v) is 11.4. The molecule has 0 aliphatic heterocycles. The maximum Gasteiger partial charge on any atom is 0.134 e. The molecule has 0 aliphatic rings. The molecule has 1 rings (SSSR count). The van der Waals surface area contributed by atoms with E-state index >= 15 is 0 Å². The predicted molar refractivity (Wildman–Crippen MR) is 69.8 cm³/mol. The van der Waals surface area contributed by atoms with Crippen LogP contribution >= 0.6 is 11.3 Å². The summed E-state index contributed by atoms with van der Waals surface area (Å²) >= 11 is 1.75. The Balaban J connectivity index is 2.33. The molecule has 0 amide bonds. The Kier molecular flexibility index (Phi) is 6.57. The van der Waals surface area contributed by atoms with E-state index in [0.717, 1.165) is 18.0 Å². The smallest absolute Gasteiger partial charge is 0.134 e. The summed E-state index contributed by atoms with van der Waals surface area (Å²) in [5, 5.41) is 14.2. The SMILES string of the molecule is CCCCCCc1nnc(C(C)NCC)s1. The summed E-state index contributed by atoms with van der Waals surface area (Å²) in [6, 6.07) is 0.340. The zero-order chi connectivity index (χ0) is 11.8. The molecule has 1 atom stereocenters. The lowest BCUT2D eigenvalue weighted by molar-refractivity contribution is 0.589. The van der Waals surface area contributed by atoms with Crippen molar-refractivity contribution in [3.05, 3.63) is 10.0 Å². The van der Waals surface area contributed by atoms with Gasteiger partial charge in [-0.15, -0.1) is 10.2 Å². The first-order valence-corrected chi connectivity index (χ1v) is 7.15. The van der Waals surface area contributed by atoms with Crippen LogP contribution < -0.4 is 5.32 Å². The van der Waals surface area contributed by atoms with Crippen LogP contribution in [0, 0.1) is 0 Å². The van der Waals surface area contributed by atoms with E-state index in [-0.39, 0.29) is 0 Å². The molecule has 0 radical (unpaired) electrons. The van der Waals surface area contributed by atoms with Crippen LogP contribution in [0.25, 0.3) is 0 Å². The molecule has 1 aromatic rings. The van der Waals surface area contributed by atoms with Gasteiger partial charge in [-0.25, -0.2) is 0 Å². The van der Waals surface area contributed by atoms with Crippen molar-refractivity contribution in [1.29, 1.82) is 0 Å². The summed E-state index contributed by atoms with van der Waals surface area (Å²) < 4.78 is 0. The van der Waals surface area contributed by atoms with Crippen LogP contribution in [-0.2, 0) is 6.42 Å². The first-order valence-electron chi connectivity index (χ1n) is 6.33. The number of aromatic nitrogens is 2. The lowest BCUT2D eigenvalue weighted by Gasteiger charge is -2.06. The summed E-state index contributed by atoms with van der Waals surface area (Å²) in [6.45, 7) is 7.47. The van der Waals surface area contributed by atoms with Crippen molar-refractivity contribution >= 4 is 11.3 Å². The van der Waals surface area contributed by atoms with E-state index in [1.165, 1.54) is 30.7 Å². The fourth-order valence-corrected chi connectivity index (χ4v) is 2.55. The van der Waals surface area contributed by atoms with E-state index in [1.54, 1.807) is 11.3 Å². The number of rotatable bonds is 8. The highest BCUT2D eigenvalue weighted by atomic mass is 32.1. The third kappa shape index (κ3) is 4.58. The van der Waals surface area contributed by atoms with Gasteiger partial charge in [-0.2, -0.15) is 0 Å². The van der Waals surface area contributed by atoms with E-state index in [1.807, 2.05) is 0 Å². The van der Waals surface area contributed by atoms with E-state index in [9.17, 15) is 0 Å². The molecule has 0 saturated heterocycles. The summed E-state index contributed by atoms with van der Waals surface area (Å²) in [4.78, 5) is 0. The summed E-state index contributed by atoms with van der Waals surface area (Å²) in [5.74, 6) is 0. The van der Waals surface area contributed by atoms with Crippen molar-refractivity contribution in [2.24, 2.45) is 0 Å². The van der Waals surface area contributed by atoms with Gasteiger partial charge in [0.1, 0.15) is 10.0 Å². The van der Waals surface area contributed by atoms with Crippen LogP contribution in [0.2, 0.25) is 0 Å². The fraction of sp³-hybridized carbons (Fsp3) is 0.833. The second kappa shape index (κ2) is 7.74. The molecule has 0 saturated carbocycles. The normalized spacial score (nSPS) is 12.9. The molecular weight excluding hydrogens is 218 g/mol. The van der Waals surface area contributed by atoms with Crippen LogP contribution in [0.5, 0.6) is 0 Å². The lowest BCUT2D eigenvalue weighted by Crippen LogP contribution is -2.17. The van der Waals surface area contributed by atoms with E-state index in [0.29, 0.717) is 6.04 Å². The van der Waals surface area contributed by atoms with Gasteiger partial charge >= 0.3 is 0 Å². The molecule has 1 N–H and O–H groups in total. The standard InChI is InChI=1S/C12H23N3S/c1-4-6-7-8-9-11-14-15-12(16-11)10(3)13-5-2/h10,13H,4-9H2,1-3H3. The van der Waals surface area contributed by atoms with E-state index in [2.05, 4.69) is 36.3 Å². The molecule has 0 aliphatic carbocycles. The largest absolute Gasteiger partial charge is 0.308 e. The minimum atomic E-state index is 0.340. The quantitative estimate of drug-likeness (QED) is 0.709. The van der Waals surface area contributed by atoms with Gasteiger partial charge in [0.2, 0.25) is 0 Å². The van der Waals surface area contributed by atoms with Gasteiger partial charge < -0.3 is 5.32 Å². The van der Waals surface area contributed by atoms with E-state index < -0.39 is 0 Å². The van der Waals surface area contributed by atoms with Gasteiger partial charge in [-0.1, -0.05) is 44.4 Å². The van der Waals surface area contributed by atoms with Crippen LogP contribution in [0.1, 0.15) is 62.5 Å². The van der Waals surface area contributed by atoms with Crippen molar-refractivity contribution in [3.63, 3.8) is 0 Å². The number of nitrogens with one attached hydrogen (secondary N) is 1. The Morgan fingerprint density at radius 2 is 2.00 bits per heavy atom. The molecule has 0 bridgehead atoms. The molecule has 1 aromatic heterocycles. The second-order valence-electron chi connectivity index (χ2n) is 4.12. The fourth-order valence-electron chi connectivity index (χ4n) is 1.64. The topological polar surface area (TPSA) is 37.8 Å².